The maximum absolute atomic E-state index is 13.5. The molecule has 9 heteroatoms. The molecule has 2 aromatic rings. The minimum atomic E-state index is -0.320. The summed E-state index contributed by atoms with van der Waals surface area (Å²) < 4.78 is 16.7. The van der Waals surface area contributed by atoms with E-state index in [0.29, 0.717) is 35.7 Å². The first-order chi connectivity index (χ1) is 17.2. The Hall–Kier alpha value is -3.43. The summed E-state index contributed by atoms with van der Waals surface area (Å²) in [6.45, 7) is 4.76. The van der Waals surface area contributed by atoms with Gasteiger partial charge in [-0.05, 0) is 31.2 Å². The lowest BCUT2D eigenvalue weighted by molar-refractivity contribution is -0.119. The van der Waals surface area contributed by atoms with E-state index in [1.807, 2.05) is 32.0 Å². The molecular formula is C27H35N3O6. The van der Waals surface area contributed by atoms with Crippen LogP contribution in [0.1, 0.15) is 34.6 Å². The third-order valence-electron chi connectivity index (χ3n) is 6.29. The van der Waals surface area contributed by atoms with Gasteiger partial charge in [-0.2, -0.15) is 0 Å². The number of hydrogen-bond donors (Lipinski definition) is 1. The molecule has 1 aliphatic rings. The molecule has 36 heavy (non-hydrogen) atoms. The maximum Gasteiger partial charge on any atom is 0.257 e. The Morgan fingerprint density at radius 2 is 1.81 bits per heavy atom. The Morgan fingerprint density at radius 1 is 1.08 bits per heavy atom. The molecule has 0 saturated heterocycles. The van der Waals surface area contributed by atoms with Gasteiger partial charge in [0, 0.05) is 57.6 Å². The SMILES string of the molecule is COCC(=O)Nc1ccc2c(c1)OC[C@@H](C)N(C(=O)c1ccccc1)C[C@@H](C)[C@@H](OC)CN(C)C2=O. The minimum absolute atomic E-state index is 0.0439. The number of carbonyl (C=O) groups is 3. The Kier molecular flexibility index (Phi) is 9.44. The zero-order chi connectivity index (χ0) is 26.2. The van der Waals surface area contributed by atoms with E-state index in [1.165, 1.54) is 7.11 Å². The second-order valence-corrected chi connectivity index (χ2v) is 9.11. The van der Waals surface area contributed by atoms with Crippen molar-refractivity contribution in [1.82, 2.24) is 9.80 Å². The topological polar surface area (TPSA) is 97.4 Å². The molecule has 0 unspecified atom stereocenters. The summed E-state index contributed by atoms with van der Waals surface area (Å²) in [6, 6.07) is 13.7. The number of hydrogen-bond acceptors (Lipinski definition) is 6. The molecule has 3 rings (SSSR count). The molecule has 0 aromatic heterocycles. The van der Waals surface area contributed by atoms with Gasteiger partial charge in [-0.3, -0.25) is 14.4 Å². The van der Waals surface area contributed by atoms with Gasteiger partial charge < -0.3 is 29.3 Å². The smallest absolute Gasteiger partial charge is 0.257 e. The lowest BCUT2D eigenvalue weighted by Gasteiger charge is -2.36. The van der Waals surface area contributed by atoms with Gasteiger partial charge in [-0.25, -0.2) is 0 Å². The second-order valence-electron chi connectivity index (χ2n) is 9.11. The van der Waals surface area contributed by atoms with Crippen LogP contribution in [0.5, 0.6) is 5.75 Å². The van der Waals surface area contributed by atoms with Gasteiger partial charge in [-0.1, -0.05) is 25.1 Å². The number of benzene rings is 2. The molecule has 1 aliphatic heterocycles. The highest BCUT2D eigenvalue weighted by atomic mass is 16.5. The maximum atomic E-state index is 13.5. The van der Waals surface area contributed by atoms with E-state index in [-0.39, 0.29) is 49.0 Å². The van der Waals surface area contributed by atoms with Crippen LogP contribution < -0.4 is 10.1 Å². The molecule has 0 aliphatic carbocycles. The van der Waals surface area contributed by atoms with Crippen molar-refractivity contribution in [1.29, 1.82) is 0 Å². The van der Waals surface area contributed by atoms with Crippen LogP contribution in [-0.2, 0) is 14.3 Å². The highest BCUT2D eigenvalue weighted by molar-refractivity contribution is 5.98. The first-order valence-electron chi connectivity index (χ1n) is 11.9. The van der Waals surface area contributed by atoms with Crippen LogP contribution >= 0.6 is 0 Å². The number of nitrogens with one attached hydrogen (secondary N) is 1. The fourth-order valence-electron chi connectivity index (χ4n) is 4.21. The second kappa shape index (κ2) is 12.5. The van der Waals surface area contributed by atoms with Crippen LogP contribution in [0.25, 0.3) is 0 Å². The molecule has 1 N–H and O–H groups in total. The minimum Gasteiger partial charge on any atom is -0.491 e. The Morgan fingerprint density at radius 3 is 2.47 bits per heavy atom. The first-order valence-corrected chi connectivity index (χ1v) is 11.9. The lowest BCUT2D eigenvalue weighted by Crippen LogP contribution is -2.48. The van der Waals surface area contributed by atoms with E-state index < -0.39 is 0 Å². The number of nitrogens with zero attached hydrogens (tertiary/aromatic N) is 2. The summed E-state index contributed by atoms with van der Waals surface area (Å²) in [4.78, 5) is 42.2. The number of rotatable bonds is 5. The molecular weight excluding hydrogens is 462 g/mol. The highest BCUT2D eigenvalue weighted by Crippen LogP contribution is 2.27. The summed E-state index contributed by atoms with van der Waals surface area (Å²) in [5.41, 5.74) is 1.43. The Bertz CT molecular complexity index is 1060. The monoisotopic (exact) mass is 497 g/mol. The number of amides is 3. The Balaban J connectivity index is 1.97. The van der Waals surface area contributed by atoms with Crippen LogP contribution in [0.4, 0.5) is 5.69 Å². The van der Waals surface area contributed by atoms with Gasteiger partial charge in [0.25, 0.3) is 11.8 Å². The third kappa shape index (κ3) is 6.61. The molecule has 0 radical (unpaired) electrons. The quantitative estimate of drug-likeness (QED) is 0.682. The number of carbonyl (C=O) groups excluding carboxylic acids is 3. The molecule has 2 aromatic carbocycles. The van der Waals surface area contributed by atoms with Crippen molar-refractivity contribution in [3.05, 3.63) is 59.7 Å². The lowest BCUT2D eigenvalue weighted by atomic mass is 10.0. The van der Waals surface area contributed by atoms with Crippen molar-refractivity contribution in [2.24, 2.45) is 5.92 Å². The van der Waals surface area contributed by atoms with Crippen molar-refractivity contribution in [2.75, 3.05) is 52.9 Å². The highest BCUT2D eigenvalue weighted by Gasteiger charge is 2.30. The van der Waals surface area contributed by atoms with Crippen LogP contribution in [0.3, 0.4) is 0 Å². The predicted molar refractivity (Wildman–Crippen MR) is 136 cm³/mol. The van der Waals surface area contributed by atoms with Gasteiger partial charge in [0.15, 0.2) is 0 Å². The predicted octanol–water partition coefficient (Wildman–Crippen LogP) is 2.92. The molecule has 3 atom stereocenters. The van der Waals surface area contributed by atoms with E-state index in [0.717, 1.165) is 0 Å². The Labute approximate surface area is 212 Å². The summed E-state index contributed by atoms with van der Waals surface area (Å²) in [6.07, 6.45) is -0.284. The molecule has 0 bridgehead atoms. The standard InChI is InChI=1S/C27H35N3O6/c1-18-14-30(26(32)20-9-7-6-8-10-20)19(2)16-36-23-13-21(28-25(31)17-34-4)11-12-22(23)27(33)29(3)15-24(18)35-5/h6-13,18-19,24H,14-17H2,1-5H3,(H,28,31)/t18-,19-,24+/m1/s1. The molecule has 194 valence electrons. The normalized spacial score (nSPS) is 21.0. The zero-order valence-corrected chi connectivity index (χ0v) is 21.5. The van der Waals surface area contributed by atoms with Crippen molar-refractivity contribution in [3.63, 3.8) is 0 Å². The van der Waals surface area contributed by atoms with Crippen molar-refractivity contribution < 1.29 is 28.6 Å². The van der Waals surface area contributed by atoms with E-state index in [1.54, 1.807) is 54.3 Å². The van der Waals surface area contributed by atoms with E-state index in [4.69, 9.17) is 14.2 Å². The van der Waals surface area contributed by atoms with Crippen LogP contribution in [0.15, 0.2) is 48.5 Å². The van der Waals surface area contributed by atoms with Gasteiger partial charge in [0.05, 0.1) is 17.7 Å². The molecule has 0 saturated carbocycles. The number of methoxy groups -OCH3 is 2. The fraction of sp³-hybridized carbons (Fsp3) is 0.444. The van der Waals surface area contributed by atoms with Crippen LogP contribution in [0.2, 0.25) is 0 Å². The van der Waals surface area contributed by atoms with Crippen LogP contribution in [-0.4, -0.2) is 87.2 Å². The van der Waals surface area contributed by atoms with Crippen molar-refractivity contribution >= 4 is 23.4 Å². The van der Waals surface area contributed by atoms with Crippen molar-refractivity contribution in [3.8, 4) is 5.75 Å². The summed E-state index contributed by atoms with van der Waals surface area (Å²) in [5, 5.41) is 2.73. The van der Waals surface area contributed by atoms with Crippen LogP contribution in [0, 0.1) is 5.92 Å². The van der Waals surface area contributed by atoms with Gasteiger partial charge in [0.1, 0.15) is 19.0 Å². The molecule has 0 fully saturated rings. The summed E-state index contributed by atoms with van der Waals surface area (Å²) in [7, 11) is 4.76. The summed E-state index contributed by atoms with van der Waals surface area (Å²) in [5.74, 6) is -0.365. The zero-order valence-electron chi connectivity index (χ0n) is 21.5. The molecule has 3 amide bonds. The van der Waals surface area contributed by atoms with Crippen molar-refractivity contribution in [2.45, 2.75) is 26.0 Å². The number of likely N-dealkylation sites (N-methyl/N-ethyl adjacent to an activating group) is 1. The van der Waals surface area contributed by atoms with Gasteiger partial charge in [-0.15, -0.1) is 0 Å². The molecule has 9 nitrogen and oxygen atoms in total. The van der Waals surface area contributed by atoms with E-state index >= 15 is 0 Å². The summed E-state index contributed by atoms with van der Waals surface area (Å²) >= 11 is 0. The first kappa shape index (κ1) is 27.2. The fourth-order valence-corrected chi connectivity index (χ4v) is 4.21. The number of anilines is 1. The average molecular weight is 498 g/mol. The van der Waals surface area contributed by atoms with Gasteiger partial charge >= 0.3 is 0 Å². The molecule has 0 spiro atoms. The number of ether oxygens (including phenoxy) is 3. The third-order valence-corrected chi connectivity index (χ3v) is 6.29. The van der Waals surface area contributed by atoms with E-state index in [2.05, 4.69) is 5.32 Å². The average Bonchev–Trinajstić information content (AvgIpc) is 2.88. The van der Waals surface area contributed by atoms with E-state index in [9.17, 15) is 14.4 Å². The number of fused-ring (bicyclic) bond motifs is 1. The largest absolute Gasteiger partial charge is 0.491 e. The van der Waals surface area contributed by atoms with Gasteiger partial charge in [0.2, 0.25) is 5.91 Å². The molecule has 1 heterocycles.